The maximum absolute atomic E-state index is 5.70. The lowest BCUT2D eigenvalue weighted by atomic mass is 10.1. The third kappa shape index (κ3) is 2.69. The van der Waals surface area contributed by atoms with Gasteiger partial charge in [0.1, 0.15) is 22.4 Å². The lowest BCUT2D eigenvalue weighted by molar-refractivity contribution is -0.0279. The molecule has 1 aromatic rings. The van der Waals surface area contributed by atoms with Crippen molar-refractivity contribution in [1.29, 1.82) is 0 Å². The van der Waals surface area contributed by atoms with E-state index in [0.717, 1.165) is 35.8 Å². The van der Waals surface area contributed by atoms with Crippen LogP contribution in [0.3, 0.4) is 0 Å². The van der Waals surface area contributed by atoms with E-state index in [4.69, 9.17) is 4.74 Å². The molecule has 2 heterocycles. The maximum Gasteiger partial charge on any atom is 0.148 e. The number of nitrogens with zero attached hydrogens (tertiary/aromatic N) is 3. The van der Waals surface area contributed by atoms with E-state index in [2.05, 4.69) is 50.0 Å². The highest BCUT2D eigenvalue weighted by Gasteiger charge is 2.29. The van der Waals surface area contributed by atoms with Crippen molar-refractivity contribution >= 4 is 27.6 Å². The van der Waals surface area contributed by atoms with Gasteiger partial charge in [0.05, 0.1) is 12.2 Å². The lowest BCUT2D eigenvalue weighted by Crippen LogP contribution is -2.48. The Labute approximate surface area is 110 Å². The normalized spacial score (nSPS) is 19.2. The number of anilines is 2. The second-order valence-corrected chi connectivity index (χ2v) is 5.43. The number of hydrogen-bond acceptors (Lipinski definition) is 5. The Hall–Kier alpha value is -0.880. The van der Waals surface area contributed by atoms with E-state index in [0.29, 0.717) is 0 Å². The van der Waals surface area contributed by atoms with E-state index in [-0.39, 0.29) is 5.60 Å². The van der Waals surface area contributed by atoms with Gasteiger partial charge < -0.3 is 15.0 Å². The molecule has 1 aromatic heterocycles. The summed E-state index contributed by atoms with van der Waals surface area (Å²) in [4.78, 5) is 10.7. The van der Waals surface area contributed by atoms with Crippen LogP contribution in [0.25, 0.3) is 0 Å². The minimum atomic E-state index is -0.136. The Morgan fingerprint density at radius 3 is 2.88 bits per heavy atom. The van der Waals surface area contributed by atoms with Crippen LogP contribution in [0, 0.1) is 0 Å². The molecule has 0 spiro atoms. The van der Waals surface area contributed by atoms with Crippen molar-refractivity contribution in [3.05, 3.63) is 10.8 Å². The van der Waals surface area contributed by atoms with Gasteiger partial charge in [-0.25, -0.2) is 9.97 Å². The van der Waals surface area contributed by atoms with Crippen LogP contribution >= 0.6 is 15.9 Å². The smallest absolute Gasteiger partial charge is 0.148 e. The minimum absolute atomic E-state index is 0.136. The second kappa shape index (κ2) is 4.78. The zero-order chi connectivity index (χ0) is 12.5. The van der Waals surface area contributed by atoms with Gasteiger partial charge in [-0.1, -0.05) is 0 Å². The average Bonchev–Trinajstić information content (AvgIpc) is 2.28. The molecular formula is C11H17BrN4O. The van der Waals surface area contributed by atoms with Gasteiger partial charge in [0.2, 0.25) is 0 Å². The molecule has 1 aliphatic heterocycles. The van der Waals surface area contributed by atoms with E-state index >= 15 is 0 Å². The summed E-state index contributed by atoms with van der Waals surface area (Å²) in [6, 6.07) is 0. The summed E-state index contributed by atoms with van der Waals surface area (Å²) < 4.78 is 6.60. The Bertz CT molecular complexity index is 410. The first-order valence-corrected chi connectivity index (χ1v) is 6.40. The third-order valence-corrected chi connectivity index (χ3v) is 3.46. The van der Waals surface area contributed by atoms with Crippen LogP contribution in [0.4, 0.5) is 11.6 Å². The first-order valence-electron chi connectivity index (χ1n) is 5.61. The summed E-state index contributed by atoms with van der Waals surface area (Å²) in [5.41, 5.74) is -0.136. The van der Waals surface area contributed by atoms with Crippen molar-refractivity contribution in [2.24, 2.45) is 0 Å². The third-order valence-electron chi connectivity index (χ3n) is 2.73. The fourth-order valence-electron chi connectivity index (χ4n) is 1.95. The molecule has 0 aromatic carbocycles. The molecule has 1 saturated heterocycles. The van der Waals surface area contributed by atoms with Crippen LogP contribution in [-0.4, -0.2) is 42.3 Å². The van der Waals surface area contributed by atoms with Gasteiger partial charge in [0.25, 0.3) is 0 Å². The standard InChI is InChI=1S/C11H17BrN4O/c1-11(2)6-16(4-5-17-11)10-8(12)9(13-3)14-7-15-10/h7H,4-6H2,1-3H3,(H,13,14,15). The van der Waals surface area contributed by atoms with Crippen LogP contribution in [0.1, 0.15) is 13.8 Å². The predicted octanol–water partition coefficient (Wildman–Crippen LogP) is 1.90. The summed E-state index contributed by atoms with van der Waals surface area (Å²) in [6.07, 6.45) is 1.58. The molecule has 1 N–H and O–H groups in total. The molecule has 0 saturated carbocycles. The highest BCUT2D eigenvalue weighted by atomic mass is 79.9. The molecule has 5 nitrogen and oxygen atoms in total. The van der Waals surface area contributed by atoms with Gasteiger partial charge >= 0.3 is 0 Å². The van der Waals surface area contributed by atoms with Crippen LogP contribution in [0.2, 0.25) is 0 Å². The van der Waals surface area contributed by atoms with E-state index in [9.17, 15) is 0 Å². The highest BCUT2D eigenvalue weighted by molar-refractivity contribution is 9.10. The Kier molecular flexibility index (Phi) is 3.53. The zero-order valence-electron chi connectivity index (χ0n) is 10.3. The number of halogens is 1. The van der Waals surface area contributed by atoms with E-state index in [1.165, 1.54) is 0 Å². The van der Waals surface area contributed by atoms with Gasteiger partial charge in [-0.3, -0.25) is 0 Å². The Balaban J connectivity index is 2.28. The van der Waals surface area contributed by atoms with Crippen molar-refractivity contribution in [3.8, 4) is 0 Å². The number of hydrogen-bond donors (Lipinski definition) is 1. The van der Waals surface area contributed by atoms with Crippen molar-refractivity contribution < 1.29 is 4.74 Å². The average molecular weight is 301 g/mol. The molecule has 0 unspecified atom stereocenters. The summed E-state index contributed by atoms with van der Waals surface area (Å²) in [6.45, 7) is 6.58. The molecule has 1 fully saturated rings. The monoisotopic (exact) mass is 300 g/mol. The van der Waals surface area contributed by atoms with Gasteiger partial charge in [-0.05, 0) is 29.8 Å². The molecule has 6 heteroatoms. The number of morpholine rings is 1. The number of rotatable bonds is 2. The summed E-state index contributed by atoms with van der Waals surface area (Å²) >= 11 is 3.54. The van der Waals surface area contributed by atoms with Crippen LogP contribution < -0.4 is 10.2 Å². The second-order valence-electron chi connectivity index (χ2n) is 4.64. The first-order chi connectivity index (χ1) is 8.03. The fraction of sp³-hybridized carbons (Fsp3) is 0.636. The Morgan fingerprint density at radius 1 is 1.47 bits per heavy atom. The quantitative estimate of drug-likeness (QED) is 0.904. The van der Waals surface area contributed by atoms with Crippen LogP contribution in [-0.2, 0) is 4.74 Å². The SMILES string of the molecule is CNc1ncnc(N2CCOC(C)(C)C2)c1Br. The minimum Gasteiger partial charge on any atom is -0.372 e. The van der Waals surface area contributed by atoms with Crippen molar-refractivity contribution in [1.82, 2.24) is 9.97 Å². The molecule has 0 radical (unpaired) electrons. The van der Waals surface area contributed by atoms with Gasteiger partial charge in [0.15, 0.2) is 0 Å². The van der Waals surface area contributed by atoms with Gasteiger partial charge in [-0.15, -0.1) is 0 Å². The van der Waals surface area contributed by atoms with Crippen molar-refractivity contribution in [2.45, 2.75) is 19.4 Å². The number of nitrogens with one attached hydrogen (secondary N) is 1. The first kappa shape index (κ1) is 12.6. The summed E-state index contributed by atoms with van der Waals surface area (Å²) in [5.74, 6) is 1.72. The Morgan fingerprint density at radius 2 is 2.24 bits per heavy atom. The molecule has 2 rings (SSSR count). The molecular weight excluding hydrogens is 284 g/mol. The maximum atomic E-state index is 5.70. The van der Waals surface area contributed by atoms with E-state index in [1.54, 1.807) is 6.33 Å². The van der Waals surface area contributed by atoms with Crippen LogP contribution in [0.5, 0.6) is 0 Å². The lowest BCUT2D eigenvalue weighted by Gasteiger charge is -2.39. The van der Waals surface area contributed by atoms with E-state index in [1.807, 2.05) is 7.05 Å². The summed E-state index contributed by atoms with van der Waals surface area (Å²) in [7, 11) is 1.85. The molecule has 0 amide bonds. The number of aromatic nitrogens is 2. The summed E-state index contributed by atoms with van der Waals surface area (Å²) in [5, 5.41) is 3.04. The topological polar surface area (TPSA) is 50.3 Å². The van der Waals surface area contributed by atoms with E-state index < -0.39 is 0 Å². The van der Waals surface area contributed by atoms with Gasteiger partial charge in [-0.2, -0.15) is 0 Å². The molecule has 0 atom stereocenters. The molecule has 94 valence electrons. The zero-order valence-corrected chi connectivity index (χ0v) is 11.9. The highest BCUT2D eigenvalue weighted by Crippen LogP contribution is 2.31. The molecule has 1 aliphatic rings. The van der Waals surface area contributed by atoms with Gasteiger partial charge in [0, 0.05) is 20.1 Å². The number of ether oxygens (including phenoxy) is 1. The molecule has 0 aliphatic carbocycles. The van der Waals surface area contributed by atoms with Crippen molar-refractivity contribution in [3.63, 3.8) is 0 Å². The fourth-order valence-corrected chi connectivity index (χ4v) is 2.61. The molecule has 0 bridgehead atoms. The largest absolute Gasteiger partial charge is 0.372 e. The van der Waals surface area contributed by atoms with Crippen LogP contribution in [0.15, 0.2) is 10.8 Å². The molecule has 17 heavy (non-hydrogen) atoms. The van der Waals surface area contributed by atoms with Crippen molar-refractivity contribution in [2.75, 3.05) is 37.0 Å². The predicted molar refractivity (Wildman–Crippen MR) is 71.5 cm³/mol.